The van der Waals surface area contributed by atoms with E-state index < -0.39 is 0 Å². The minimum Gasteiger partial charge on any atom is -0.382 e. The van der Waals surface area contributed by atoms with Crippen LogP contribution in [0.25, 0.3) is 33.2 Å². The normalized spacial score (nSPS) is 11.2. The molecule has 0 bridgehead atoms. The fourth-order valence-corrected chi connectivity index (χ4v) is 2.65. The molecule has 0 fully saturated rings. The summed E-state index contributed by atoms with van der Waals surface area (Å²) in [7, 11) is 0. The monoisotopic (exact) mass is 284 g/mol. The Kier molecular flexibility index (Phi) is 2.30. The first-order valence-corrected chi connectivity index (χ1v) is 6.66. The van der Waals surface area contributed by atoms with Crippen molar-refractivity contribution in [3.05, 3.63) is 29.8 Å². The van der Waals surface area contributed by atoms with E-state index in [9.17, 15) is 0 Å². The number of aromatic nitrogens is 5. The second-order valence-corrected chi connectivity index (χ2v) is 5.11. The molecule has 0 aromatic carbocycles. The average Bonchev–Trinajstić information content (AvgIpc) is 3.17. The molecular formula is C12H8N6OS. The number of hydrogen-bond donors (Lipinski definition) is 2. The van der Waals surface area contributed by atoms with Gasteiger partial charge in [-0.25, -0.2) is 0 Å². The zero-order chi connectivity index (χ0) is 13.5. The summed E-state index contributed by atoms with van der Waals surface area (Å²) in [6.07, 6.45) is 1.73. The molecule has 0 aliphatic rings. The van der Waals surface area contributed by atoms with E-state index in [0.717, 1.165) is 15.8 Å². The molecule has 98 valence electrons. The molecule has 0 saturated carbocycles. The van der Waals surface area contributed by atoms with E-state index in [1.165, 1.54) is 0 Å². The van der Waals surface area contributed by atoms with Crippen molar-refractivity contribution < 1.29 is 4.52 Å². The van der Waals surface area contributed by atoms with Crippen LogP contribution in [-0.4, -0.2) is 25.3 Å². The fourth-order valence-electron chi connectivity index (χ4n) is 1.87. The number of H-pyrrole nitrogens is 1. The summed E-state index contributed by atoms with van der Waals surface area (Å²) >= 11 is 1.62. The van der Waals surface area contributed by atoms with Crippen molar-refractivity contribution in [2.75, 3.05) is 5.73 Å². The first-order valence-electron chi connectivity index (χ1n) is 5.78. The lowest BCUT2D eigenvalue weighted by molar-refractivity contribution is 0.431. The highest BCUT2D eigenvalue weighted by Gasteiger charge is 2.13. The maximum absolute atomic E-state index is 5.54. The third-order valence-corrected chi connectivity index (χ3v) is 3.67. The van der Waals surface area contributed by atoms with E-state index in [4.69, 9.17) is 10.3 Å². The predicted octanol–water partition coefficient (Wildman–Crippen LogP) is 2.32. The molecule has 0 saturated heterocycles. The largest absolute Gasteiger partial charge is 0.382 e. The molecule has 8 heteroatoms. The van der Waals surface area contributed by atoms with Crippen LogP contribution in [-0.2, 0) is 0 Å². The van der Waals surface area contributed by atoms with E-state index in [1.807, 2.05) is 17.5 Å². The van der Waals surface area contributed by atoms with Crippen molar-refractivity contribution in [3.8, 4) is 23.0 Å². The van der Waals surface area contributed by atoms with Gasteiger partial charge in [-0.1, -0.05) is 5.16 Å². The molecule has 4 aromatic rings. The van der Waals surface area contributed by atoms with Crippen LogP contribution in [0.4, 0.5) is 5.82 Å². The van der Waals surface area contributed by atoms with Gasteiger partial charge < -0.3 is 10.3 Å². The van der Waals surface area contributed by atoms with Gasteiger partial charge in [-0.3, -0.25) is 10.1 Å². The van der Waals surface area contributed by atoms with E-state index in [1.54, 1.807) is 23.6 Å². The summed E-state index contributed by atoms with van der Waals surface area (Å²) < 4.78 is 6.28. The molecule has 4 rings (SSSR count). The van der Waals surface area contributed by atoms with Gasteiger partial charge in [0.2, 0.25) is 5.82 Å². The lowest BCUT2D eigenvalue weighted by atomic mass is 10.2. The Morgan fingerprint density at radius 2 is 2.25 bits per heavy atom. The first kappa shape index (κ1) is 11.1. The Morgan fingerprint density at radius 3 is 3.10 bits per heavy atom. The van der Waals surface area contributed by atoms with Crippen molar-refractivity contribution in [3.63, 3.8) is 0 Å². The van der Waals surface area contributed by atoms with Gasteiger partial charge in [-0.2, -0.15) is 10.1 Å². The summed E-state index contributed by atoms with van der Waals surface area (Å²) in [5.74, 6) is 1.20. The lowest BCUT2D eigenvalue weighted by Crippen LogP contribution is -1.83. The van der Waals surface area contributed by atoms with Gasteiger partial charge in [0.05, 0.1) is 10.2 Å². The number of anilines is 1. The van der Waals surface area contributed by atoms with Gasteiger partial charge in [-0.15, -0.1) is 11.3 Å². The van der Waals surface area contributed by atoms with Gasteiger partial charge in [0.25, 0.3) is 5.89 Å². The number of nitrogen functional groups attached to an aromatic ring is 1. The molecule has 0 unspecified atom stereocenters. The Balaban J connectivity index is 1.77. The molecule has 0 radical (unpaired) electrons. The van der Waals surface area contributed by atoms with Gasteiger partial charge in [-0.05, 0) is 17.5 Å². The Bertz CT molecular complexity index is 892. The van der Waals surface area contributed by atoms with Crippen LogP contribution in [0.3, 0.4) is 0 Å². The molecule has 0 amide bonds. The molecule has 0 aliphatic carbocycles. The van der Waals surface area contributed by atoms with Crippen molar-refractivity contribution in [2.24, 2.45) is 0 Å². The second kappa shape index (κ2) is 4.14. The molecule has 4 heterocycles. The van der Waals surface area contributed by atoms with Crippen molar-refractivity contribution in [1.29, 1.82) is 0 Å². The maximum atomic E-state index is 5.54. The van der Waals surface area contributed by atoms with E-state index >= 15 is 0 Å². The maximum Gasteiger partial charge on any atom is 0.276 e. The zero-order valence-corrected chi connectivity index (χ0v) is 10.9. The van der Waals surface area contributed by atoms with Crippen molar-refractivity contribution >= 4 is 27.4 Å². The topological polar surface area (TPSA) is 107 Å². The van der Waals surface area contributed by atoms with E-state index in [0.29, 0.717) is 23.2 Å². The Hall–Kier alpha value is -2.74. The SMILES string of the molecule is Nc1cc(-c2nc(-c3cnc4ccsc4c3)no2)[nH]n1. The number of hydrogen-bond acceptors (Lipinski definition) is 7. The van der Waals surface area contributed by atoms with E-state index in [2.05, 4.69) is 25.3 Å². The number of nitrogens with two attached hydrogens (primary N) is 1. The van der Waals surface area contributed by atoms with Crippen LogP contribution in [0.5, 0.6) is 0 Å². The van der Waals surface area contributed by atoms with Crippen LogP contribution in [0.1, 0.15) is 0 Å². The number of nitrogens with one attached hydrogen (secondary N) is 1. The summed E-state index contributed by atoms with van der Waals surface area (Å²) in [4.78, 5) is 8.67. The summed E-state index contributed by atoms with van der Waals surface area (Å²) in [6.45, 7) is 0. The van der Waals surface area contributed by atoms with Crippen molar-refractivity contribution in [2.45, 2.75) is 0 Å². The third kappa shape index (κ3) is 1.74. The van der Waals surface area contributed by atoms with E-state index in [-0.39, 0.29) is 0 Å². The van der Waals surface area contributed by atoms with Gasteiger partial charge in [0.15, 0.2) is 0 Å². The third-order valence-electron chi connectivity index (χ3n) is 2.81. The molecule has 0 spiro atoms. The lowest BCUT2D eigenvalue weighted by Gasteiger charge is -1.93. The summed E-state index contributed by atoms with van der Waals surface area (Å²) in [6, 6.07) is 5.60. The van der Waals surface area contributed by atoms with Crippen LogP contribution in [0, 0.1) is 0 Å². The first-order chi connectivity index (χ1) is 9.79. The summed E-state index contributed by atoms with van der Waals surface area (Å²) in [5.41, 5.74) is 7.90. The highest BCUT2D eigenvalue weighted by molar-refractivity contribution is 7.17. The smallest absolute Gasteiger partial charge is 0.276 e. The minimum absolute atomic E-state index is 0.343. The highest BCUT2D eigenvalue weighted by atomic mass is 32.1. The number of fused-ring (bicyclic) bond motifs is 1. The Morgan fingerprint density at radius 1 is 1.30 bits per heavy atom. The number of pyridine rings is 1. The van der Waals surface area contributed by atoms with Gasteiger partial charge in [0, 0.05) is 17.8 Å². The standard InChI is InChI=1S/C12H8N6OS/c13-10-4-8(16-17-10)12-15-11(18-19-12)6-3-9-7(14-5-6)1-2-20-9/h1-5H,(H3,13,16,17). The zero-order valence-electron chi connectivity index (χ0n) is 10.1. The minimum atomic E-state index is 0.343. The highest BCUT2D eigenvalue weighted by Crippen LogP contribution is 2.26. The van der Waals surface area contributed by atoms with Crippen LogP contribution in [0.15, 0.2) is 34.3 Å². The molecule has 0 aliphatic heterocycles. The Labute approximate surface area is 116 Å². The van der Waals surface area contributed by atoms with Crippen LogP contribution in [0.2, 0.25) is 0 Å². The quantitative estimate of drug-likeness (QED) is 0.585. The second-order valence-electron chi connectivity index (χ2n) is 4.16. The number of thiophene rings is 1. The average molecular weight is 284 g/mol. The molecule has 3 N–H and O–H groups in total. The molecule has 0 atom stereocenters. The van der Waals surface area contributed by atoms with Crippen molar-refractivity contribution in [1.82, 2.24) is 25.3 Å². The van der Waals surface area contributed by atoms with Crippen LogP contribution < -0.4 is 5.73 Å². The number of nitrogens with zero attached hydrogens (tertiary/aromatic N) is 4. The number of rotatable bonds is 2. The predicted molar refractivity (Wildman–Crippen MR) is 74.9 cm³/mol. The molecule has 20 heavy (non-hydrogen) atoms. The van der Waals surface area contributed by atoms with Crippen LogP contribution >= 0.6 is 11.3 Å². The number of aromatic amines is 1. The fraction of sp³-hybridized carbons (Fsp3) is 0. The molecule has 7 nitrogen and oxygen atoms in total. The molecule has 4 aromatic heterocycles. The van der Waals surface area contributed by atoms with Gasteiger partial charge in [0.1, 0.15) is 11.5 Å². The summed E-state index contributed by atoms with van der Waals surface area (Å²) in [5, 5.41) is 12.5. The molecular weight excluding hydrogens is 276 g/mol. The van der Waals surface area contributed by atoms with Gasteiger partial charge >= 0.3 is 0 Å².